The molecule has 1 fully saturated rings. The number of pyridine rings is 1. The van der Waals surface area contributed by atoms with Crippen molar-refractivity contribution < 1.29 is 9.94 Å². The summed E-state index contributed by atoms with van der Waals surface area (Å²) in [6, 6.07) is 22.0. The Kier molecular flexibility index (Phi) is 5.84. The Hall–Kier alpha value is -3.54. The number of piperazine rings is 1. The largest absolute Gasteiger partial charge is 0.438 e. The Morgan fingerprint density at radius 2 is 1.70 bits per heavy atom. The van der Waals surface area contributed by atoms with Gasteiger partial charge in [-0.1, -0.05) is 35.5 Å². The molecule has 3 aromatic rings. The number of para-hydroxylation sites is 1. The van der Waals surface area contributed by atoms with E-state index in [4.69, 9.17) is 4.74 Å². The maximum Gasteiger partial charge on any atom is 0.230 e. The van der Waals surface area contributed by atoms with Crippen molar-refractivity contribution >= 4 is 11.5 Å². The summed E-state index contributed by atoms with van der Waals surface area (Å²) in [5.41, 5.74) is 3.83. The number of aromatic nitrogens is 1. The number of rotatable bonds is 4. The Labute approximate surface area is 177 Å². The van der Waals surface area contributed by atoms with Crippen LogP contribution in [0.2, 0.25) is 0 Å². The van der Waals surface area contributed by atoms with Crippen molar-refractivity contribution in [1.29, 1.82) is 0 Å². The number of aryl methyl sites for hydroxylation is 2. The van der Waals surface area contributed by atoms with Gasteiger partial charge in [-0.05, 0) is 55.8 Å². The molecule has 1 aromatic heterocycles. The van der Waals surface area contributed by atoms with E-state index in [1.54, 1.807) is 0 Å². The lowest BCUT2D eigenvalue weighted by Gasteiger charge is -2.37. The molecule has 6 heteroatoms. The first kappa shape index (κ1) is 19.8. The van der Waals surface area contributed by atoms with Crippen LogP contribution in [0.5, 0.6) is 11.6 Å². The predicted octanol–water partition coefficient (Wildman–Crippen LogP) is 4.45. The number of anilines is 1. The summed E-state index contributed by atoms with van der Waals surface area (Å²) >= 11 is 0. The van der Waals surface area contributed by atoms with Crippen LogP contribution in [0.4, 0.5) is 5.69 Å². The van der Waals surface area contributed by atoms with Crippen molar-refractivity contribution in [3.63, 3.8) is 0 Å². The number of hydrogen-bond donors (Lipinski definition) is 1. The van der Waals surface area contributed by atoms with Crippen LogP contribution in [-0.4, -0.2) is 47.1 Å². The predicted molar refractivity (Wildman–Crippen MR) is 119 cm³/mol. The van der Waals surface area contributed by atoms with Crippen LogP contribution in [0.15, 0.2) is 71.9 Å². The SMILES string of the molecule is Cc1cccc(Oc2nc(C)ccc2/C(=N/O)N2CCN(c3ccccc3)CC2)c1. The van der Waals surface area contributed by atoms with Crippen LogP contribution in [-0.2, 0) is 0 Å². The second kappa shape index (κ2) is 8.86. The lowest BCUT2D eigenvalue weighted by atomic mass is 10.1. The quantitative estimate of drug-likeness (QED) is 0.302. The molecule has 0 radical (unpaired) electrons. The van der Waals surface area contributed by atoms with E-state index in [0.717, 1.165) is 37.4 Å². The second-order valence-corrected chi connectivity index (χ2v) is 7.46. The van der Waals surface area contributed by atoms with Gasteiger partial charge < -0.3 is 19.7 Å². The normalized spacial score (nSPS) is 14.7. The molecule has 0 amide bonds. The highest BCUT2D eigenvalue weighted by atomic mass is 16.5. The van der Waals surface area contributed by atoms with Gasteiger partial charge in [0.1, 0.15) is 5.75 Å². The summed E-state index contributed by atoms with van der Waals surface area (Å²) in [4.78, 5) is 8.99. The van der Waals surface area contributed by atoms with Gasteiger partial charge >= 0.3 is 0 Å². The zero-order valence-corrected chi connectivity index (χ0v) is 17.3. The molecule has 154 valence electrons. The third-order valence-corrected chi connectivity index (χ3v) is 5.24. The van der Waals surface area contributed by atoms with E-state index >= 15 is 0 Å². The molecule has 0 bridgehead atoms. The molecule has 0 unspecified atom stereocenters. The molecule has 2 aromatic carbocycles. The van der Waals surface area contributed by atoms with Gasteiger partial charge in [-0.2, -0.15) is 0 Å². The van der Waals surface area contributed by atoms with E-state index in [-0.39, 0.29) is 0 Å². The Bertz CT molecular complexity index is 1030. The van der Waals surface area contributed by atoms with E-state index in [1.807, 2.05) is 56.3 Å². The van der Waals surface area contributed by atoms with Crippen LogP contribution >= 0.6 is 0 Å². The standard InChI is InChI=1S/C24H26N4O2/c1-18-7-6-10-21(17-18)30-24-22(12-11-19(2)25-24)23(26-29)28-15-13-27(14-16-28)20-8-4-3-5-9-20/h3-12,17,29H,13-16H2,1-2H3/b26-23-. The highest BCUT2D eigenvalue weighted by molar-refractivity contribution is 6.00. The Balaban J connectivity index is 1.55. The van der Waals surface area contributed by atoms with E-state index in [0.29, 0.717) is 23.0 Å². The fourth-order valence-electron chi connectivity index (χ4n) is 3.67. The average Bonchev–Trinajstić information content (AvgIpc) is 2.77. The molecule has 30 heavy (non-hydrogen) atoms. The molecular weight excluding hydrogens is 376 g/mol. The third kappa shape index (κ3) is 4.38. The maximum absolute atomic E-state index is 9.87. The van der Waals surface area contributed by atoms with Crippen molar-refractivity contribution in [3.8, 4) is 11.6 Å². The van der Waals surface area contributed by atoms with Gasteiger partial charge in [-0.25, -0.2) is 4.98 Å². The number of nitrogens with zero attached hydrogens (tertiary/aromatic N) is 4. The minimum Gasteiger partial charge on any atom is -0.438 e. The van der Waals surface area contributed by atoms with Crippen LogP contribution in [0.1, 0.15) is 16.8 Å². The fourth-order valence-corrected chi connectivity index (χ4v) is 3.67. The van der Waals surface area contributed by atoms with Crippen molar-refractivity contribution in [2.75, 3.05) is 31.1 Å². The number of hydrogen-bond acceptors (Lipinski definition) is 5. The molecule has 0 aliphatic carbocycles. The zero-order chi connectivity index (χ0) is 20.9. The molecule has 1 aliphatic rings. The topological polar surface area (TPSA) is 61.2 Å². The fraction of sp³-hybridized carbons (Fsp3) is 0.250. The maximum atomic E-state index is 9.87. The minimum atomic E-state index is 0.443. The molecule has 6 nitrogen and oxygen atoms in total. The third-order valence-electron chi connectivity index (χ3n) is 5.24. The van der Waals surface area contributed by atoms with E-state index < -0.39 is 0 Å². The first-order valence-electron chi connectivity index (χ1n) is 10.1. The molecule has 0 saturated carbocycles. The van der Waals surface area contributed by atoms with Crippen LogP contribution < -0.4 is 9.64 Å². The Morgan fingerprint density at radius 1 is 0.933 bits per heavy atom. The Morgan fingerprint density at radius 3 is 2.40 bits per heavy atom. The highest BCUT2D eigenvalue weighted by Gasteiger charge is 2.24. The summed E-state index contributed by atoms with van der Waals surface area (Å²) in [7, 11) is 0. The lowest BCUT2D eigenvalue weighted by molar-refractivity contribution is 0.295. The lowest BCUT2D eigenvalue weighted by Crippen LogP contribution is -2.49. The van der Waals surface area contributed by atoms with Gasteiger partial charge in [0.2, 0.25) is 5.88 Å². The summed E-state index contributed by atoms with van der Waals surface area (Å²) < 4.78 is 6.10. The zero-order valence-electron chi connectivity index (χ0n) is 17.3. The van der Waals surface area contributed by atoms with Crippen molar-refractivity contribution in [2.45, 2.75) is 13.8 Å². The van der Waals surface area contributed by atoms with Crippen LogP contribution in [0.3, 0.4) is 0 Å². The molecule has 2 heterocycles. The van der Waals surface area contributed by atoms with Crippen LogP contribution in [0, 0.1) is 13.8 Å². The van der Waals surface area contributed by atoms with Crippen LogP contribution in [0.25, 0.3) is 0 Å². The van der Waals surface area contributed by atoms with E-state index in [2.05, 4.69) is 44.2 Å². The number of benzene rings is 2. The van der Waals surface area contributed by atoms with E-state index in [9.17, 15) is 5.21 Å². The van der Waals surface area contributed by atoms with Gasteiger partial charge in [0, 0.05) is 37.6 Å². The first-order valence-corrected chi connectivity index (χ1v) is 10.1. The van der Waals surface area contributed by atoms with Gasteiger partial charge in [0.15, 0.2) is 5.84 Å². The second-order valence-electron chi connectivity index (χ2n) is 7.46. The number of amidine groups is 1. The summed E-state index contributed by atoms with van der Waals surface area (Å²) in [6.07, 6.45) is 0. The molecule has 4 rings (SSSR count). The molecule has 0 spiro atoms. The smallest absolute Gasteiger partial charge is 0.230 e. The summed E-state index contributed by atoms with van der Waals surface area (Å²) in [5.74, 6) is 1.64. The number of ether oxygens (including phenoxy) is 1. The van der Waals surface area contributed by atoms with Crippen molar-refractivity contribution in [3.05, 3.63) is 83.6 Å². The van der Waals surface area contributed by atoms with Gasteiger partial charge in [-0.3, -0.25) is 0 Å². The first-order chi connectivity index (χ1) is 14.6. The van der Waals surface area contributed by atoms with E-state index in [1.165, 1.54) is 5.69 Å². The summed E-state index contributed by atoms with van der Waals surface area (Å²) in [6.45, 7) is 7.11. The molecular formula is C24H26N4O2. The summed E-state index contributed by atoms with van der Waals surface area (Å²) in [5, 5.41) is 13.5. The van der Waals surface area contributed by atoms with Gasteiger partial charge in [-0.15, -0.1) is 0 Å². The molecule has 1 aliphatic heterocycles. The molecule has 1 N–H and O–H groups in total. The average molecular weight is 402 g/mol. The monoisotopic (exact) mass is 402 g/mol. The molecule has 1 saturated heterocycles. The minimum absolute atomic E-state index is 0.443. The van der Waals surface area contributed by atoms with Gasteiger partial charge in [0.25, 0.3) is 0 Å². The molecule has 0 atom stereocenters. The van der Waals surface area contributed by atoms with Gasteiger partial charge in [0.05, 0.1) is 5.56 Å². The number of oxime groups is 1. The van der Waals surface area contributed by atoms with Crippen molar-refractivity contribution in [2.24, 2.45) is 5.16 Å². The highest BCUT2D eigenvalue weighted by Crippen LogP contribution is 2.27. The van der Waals surface area contributed by atoms with Crippen molar-refractivity contribution in [1.82, 2.24) is 9.88 Å².